The number of nitrogens with one attached hydrogen (secondary N) is 4. The van der Waals surface area contributed by atoms with Gasteiger partial charge in [-0.2, -0.15) is 15.0 Å². The number of carbonyl (C=O) groups excluding carboxylic acids is 1. The number of methoxy groups -OCH3 is 2. The highest BCUT2D eigenvalue weighted by Gasteiger charge is 2.16. The number of rotatable bonds is 10. The van der Waals surface area contributed by atoms with Crippen LogP contribution in [0.2, 0.25) is 0 Å². The smallest absolute Gasteiger partial charge is 0.246 e. The van der Waals surface area contributed by atoms with Crippen molar-refractivity contribution < 1.29 is 14.3 Å². The summed E-state index contributed by atoms with van der Waals surface area (Å²) in [5.74, 6) is 2.06. The minimum absolute atomic E-state index is 0.226. The Hall–Kier alpha value is -4.86. The Labute approximate surface area is 209 Å². The summed E-state index contributed by atoms with van der Waals surface area (Å²) in [5, 5.41) is 12.2. The van der Waals surface area contributed by atoms with Gasteiger partial charge >= 0.3 is 0 Å². The van der Waals surface area contributed by atoms with Crippen LogP contribution in [0.3, 0.4) is 0 Å². The molecular formula is C26H27N7O3. The van der Waals surface area contributed by atoms with E-state index in [1.165, 1.54) is 0 Å². The molecule has 0 radical (unpaired) electrons. The van der Waals surface area contributed by atoms with Crippen LogP contribution in [0.15, 0.2) is 78.9 Å². The third kappa shape index (κ3) is 6.60. The number of ether oxygens (including phenoxy) is 2. The van der Waals surface area contributed by atoms with Gasteiger partial charge in [-0.05, 0) is 67.6 Å². The number of para-hydroxylation sites is 1. The monoisotopic (exact) mass is 485 g/mol. The normalized spacial score (nSPS) is 11.2. The van der Waals surface area contributed by atoms with Crippen LogP contribution in [-0.4, -0.2) is 41.1 Å². The number of carbonyl (C=O) groups is 1. The summed E-state index contributed by atoms with van der Waals surface area (Å²) in [6, 6.07) is 23.3. The van der Waals surface area contributed by atoms with E-state index in [-0.39, 0.29) is 11.9 Å². The van der Waals surface area contributed by atoms with Crippen LogP contribution in [0, 0.1) is 0 Å². The molecule has 0 fully saturated rings. The Balaban J connectivity index is 1.55. The largest absolute Gasteiger partial charge is 0.497 e. The van der Waals surface area contributed by atoms with E-state index in [0.29, 0.717) is 17.6 Å². The van der Waals surface area contributed by atoms with E-state index in [1.54, 1.807) is 21.1 Å². The zero-order valence-electron chi connectivity index (χ0n) is 20.1. The lowest BCUT2D eigenvalue weighted by atomic mass is 10.2. The lowest BCUT2D eigenvalue weighted by Gasteiger charge is -2.16. The lowest BCUT2D eigenvalue weighted by Crippen LogP contribution is -2.32. The fraction of sp³-hybridized carbons (Fsp3) is 0.154. The summed E-state index contributed by atoms with van der Waals surface area (Å²) in [6.07, 6.45) is 0. The lowest BCUT2D eigenvalue weighted by molar-refractivity contribution is -0.116. The third-order valence-electron chi connectivity index (χ3n) is 5.11. The van der Waals surface area contributed by atoms with E-state index in [9.17, 15) is 4.79 Å². The number of nitrogens with zero attached hydrogens (tertiary/aromatic N) is 3. The van der Waals surface area contributed by atoms with E-state index in [2.05, 4.69) is 36.2 Å². The van der Waals surface area contributed by atoms with Gasteiger partial charge in [-0.1, -0.05) is 18.2 Å². The Bertz CT molecular complexity index is 1220. The molecular weight excluding hydrogens is 458 g/mol. The number of hydrogen-bond donors (Lipinski definition) is 4. The average molecular weight is 486 g/mol. The molecule has 184 valence electrons. The molecule has 0 aliphatic rings. The van der Waals surface area contributed by atoms with E-state index in [0.717, 1.165) is 22.9 Å². The molecule has 4 rings (SSSR count). The highest BCUT2D eigenvalue weighted by atomic mass is 16.5. The SMILES string of the molecule is COc1ccc(Nc2nc(Nc3ccc(OC)cc3)nc(NC(C)C(=O)Nc3ccccc3)n2)cc1. The van der Waals surface area contributed by atoms with Crippen molar-refractivity contribution in [2.75, 3.05) is 35.5 Å². The molecule has 36 heavy (non-hydrogen) atoms. The molecule has 1 aromatic heterocycles. The predicted octanol–water partition coefficient (Wildman–Crippen LogP) is 4.82. The first-order valence-electron chi connectivity index (χ1n) is 11.2. The van der Waals surface area contributed by atoms with Crippen LogP contribution in [0.4, 0.5) is 34.9 Å². The second kappa shape index (κ2) is 11.5. The number of hydrogen-bond acceptors (Lipinski definition) is 9. The first-order valence-corrected chi connectivity index (χ1v) is 11.2. The molecule has 0 aliphatic heterocycles. The van der Waals surface area contributed by atoms with Gasteiger partial charge in [0.2, 0.25) is 23.8 Å². The van der Waals surface area contributed by atoms with Crippen LogP contribution in [0.1, 0.15) is 6.92 Å². The zero-order valence-corrected chi connectivity index (χ0v) is 20.1. The molecule has 10 heteroatoms. The van der Waals surface area contributed by atoms with Crippen LogP contribution in [0.25, 0.3) is 0 Å². The number of benzene rings is 3. The van der Waals surface area contributed by atoms with Crippen molar-refractivity contribution in [3.05, 3.63) is 78.9 Å². The quantitative estimate of drug-likeness (QED) is 0.250. The average Bonchev–Trinajstić information content (AvgIpc) is 2.90. The maximum absolute atomic E-state index is 12.7. The Morgan fingerprint density at radius 3 is 1.61 bits per heavy atom. The third-order valence-corrected chi connectivity index (χ3v) is 5.11. The van der Waals surface area contributed by atoms with E-state index in [1.807, 2.05) is 78.9 Å². The molecule has 0 saturated carbocycles. The molecule has 0 bridgehead atoms. The summed E-state index contributed by atoms with van der Waals surface area (Å²) in [6.45, 7) is 1.73. The minimum atomic E-state index is -0.615. The number of amides is 1. The zero-order chi connectivity index (χ0) is 25.3. The molecule has 4 aromatic rings. The van der Waals surface area contributed by atoms with Gasteiger partial charge in [-0.25, -0.2) is 0 Å². The number of anilines is 6. The van der Waals surface area contributed by atoms with Crippen LogP contribution < -0.4 is 30.7 Å². The predicted molar refractivity (Wildman–Crippen MR) is 141 cm³/mol. The van der Waals surface area contributed by atoms with Crippen molar-refractivity contribution in [1.29, 1.82) is 0 Å². The summed E-state index contributed by atoms with van der Waals surface area (Å²) >= 11 is 0. The second-order valence-corrected chi connectivity index (χ2v) is 7.73. The summed E-state index contributed by atoms with van der Waals surface area (Å²) in [7, 11) is 3.22. The molecule has 10 nitrogen and oxygen atoms in total. The second-order valence-electron chi connectivity index (χ2n) is 7.73. The van der Waals surface area contributed by atoms with Gasteiger partial charge in [0.25, 0.3) is 0 Å². The van der Waals surface area contributed by atoms with E-state index < -0.39 is 6.04 Å². The van der Waals surface area contributed by atoms with E-state index in [4.69, 9.17) is 9.47 Å². The maximum Gasteiger partial charge on any atom is 0.246 e. The topological polar surface area (TPSA) is 122 Å². The fourth-order valence-corrected chi connectivity index (χ4v) is 3.19. The molecule has 0 spiro atoms. The maximum atomic E-state index is 12.7. The Morgan fingerprint density at radius 1 is 0.667 bits per heavy atom. The Morgan fingerprint density at radius 2 is 1.14 bits per heavy atom. The van der Waals surface area contributed by atoms with Crippen molar-refractivity contribution >= 4 is 40.8 Å². The summed E-state index contributed by atoms with van der Waals surface area (Å²) < 4.78 is 10.4. The van der Waals surface area contributed by atoms with Gasteiger partial charge in [0.05, 0.1) is 14.2 Å². The van der Waals surface area contributed by atoms with E-state index >= 15 is 0 Å². The number of aromatic nitrogens is 3. The molecule has 0 saturated heterocycles. The van der Waals surface area contributed by atoms with Gasteiger partial charge in [0.15, 0.2) is 0 Å². The van der Waals surface area contributed by atoms with Gasteiger partial charge in [0, 0.05) is 17.1 Å². The molecule has 1 heterocycles. The van der Waals surface area contributed by atoms with Crippen molar-refractivity contribution in [3.8, 4) is 11.5 Å². The standard InChI is InChI=1S/C26H27N7O3/c1-17(23(34)28-18-7-5-4-6-8-18)27-24-31-25(29-19-9-13-21(35-2)14-10-19)33-26(32-24)30-20-11-15-22(36-3)16-12-20/h4-17H,1-3H3,(H,28,34)(H3,27,29,30,31,32,33). The first kappa shape index (κ1) is 24.3. The Kier molecular flexibility index (Phi) is 7.76. The fourth-order valence-electron chi connectivity index (χ4n) is 3.19. The minimum Gasteiger partial charge on any atom is -0.497 e. The van der Waals surface area contributed by atoms with Gasteiger partial charge in [-0.15, -0.1) is 0 Å². The van der Waals surface area contributed by atoms with Crippen LogP contribution >= 0.6 is 0 Å². The van der Waals surface area contributed by atoms with Crippen molar-refractivity contribution in [1.82, 2.24) is 15.0 Å². The summed E-state index contributed by atoms with van der Waals surface area (Å²) in [5.41, 5.74) is 2.23. The molecule has 1 amide bonds. The molecule has 1 atom stereocenters. The van der Waals surface area contributed by atoms with Crippen molar-refractivity contribution in [3.63, 3.8) is 0 Å². The summed E-state index contributed by atoms with van der Waals surface area (Å²) in [4.78, 5) is 26.1. The van der Waals surface area contributed by atoms with Gasteiger partial charge in [0.1, 0.15) is 17.5 Å². The van der Waals surface area contributed by atoms with Gasteiger partial charge in [-0.3, -0.25) is 4.79 Å². The molecule has 0 aliphatic carbocycles. The van der Waals surface area contributed by atoms with Crippen molar-refractivity contribution in [2.45, 2.75) is 13.0 Å². The van der Waals surface area contributed by atoms with Crippen LogP contribution in [-0.2, 0) is 4.79 Å². The highest BCUT2D eigenvalue weighted by molar-refractivity contribution is 5.96. The van der Waals surface area contributed by atoms with Gasteiger partial charge < -0.3 is 30.7 Å². The first-order chi connectivity index (χ1) is 17.5. The molecule has 4 N–H and O–H groups in total. The highest BCUT2D eigenvalue weighted by Crippen LogP contribution is 2.22. The molecule has 3 aromatic carbocycles. The molecule has 1 unspecified atom stereocenters. The van der Waals surface area contributed by atoms with Crippen LogP contribution in [0.5, 0.6) is 11.5 Å². The van der Waals surface area contributed by atoms with Crippen molar-refractivity contribution in [2.24, 2.45) is 0 Å².